The Labute approximate surface area is 220 Å². The van der Waals surface area contributed by atoms with Gasteiger partial charge >= 0.3 is 0 Å². The van der Waals surface area contributed by atoms with Gasteiger partial charge in [0, 0.05) is 69.2 Å². The van der Waals surface area contributed by atoms with E-state index >= 15 is 0 Å². The Balaban J connectivity index is 1.40. The third-order valence-corrected chi connectivity index (χ3v) is 7.15. The summed E-state index contributed by atoms with van der Waals surface area (Å²) in [5.74, 6) is 0.526. The number of halogens is 1. The summed E-state index contributed by atoms with van der Waals surface area (Å²) in [4.78, 5) is 24.5. The molecule has 5 aromatic rings. The highest BCUT2D eigenvalue weighted by atomic mass is 19.1. The number of carbonyl (C=O) groups is 1. The van der Waals surface area contributed by atoms with Crippen molar-refractivity contribution in [2.24, 2.45) is 0 Å². The van der Waals surface area contributed by atoms with Crippen molar-refractivity contribution in [1.82, 2.24) is 15.0 Å². The molecule has 38 heavy (non-hydrogen) atoms. The number of hydrogen-bond acceptors (Lipinski definition) is 3. The van der Waals surface area contributed by atoms with Gasteiger partial charge < -0.3 is 10.3 Å². The standard InChI is InChI=1S/C32H27FN4O/c1-3-31(38)37-30-14-12-20(17-34-30)21-15-26-24(13-11-19(2)32(26)35-18-21)29-16-25-22(8-6-10-28(25)36-29)23-7-4-5-9-27(23)33/h4-10,12-19,36H,3,11H2,1-2H3,(H,34,37,38)/t19-/m1/s1. The molecule has 2 aromatic carbocycles. The molecule has 1 aliphatic carbocycles. The summed E-state index contributed by atoms with van der Waals surface area (Å²) in [6, 6.07) is 20.8. The molecule has 0 fully saturated rings. The van der Waals surface area contributed by atoms with E-state index in [1.54, 1.807) is 12.3 Å². The Morgan fingerprint density at radius 2 is 1.79 bits per heavy atom. The van der Waals surface area contributed by atoms with E-state index in [4.69, 9.17) is 4.98 Å². The van der Waals surface area contributed by atoms with Gasteiger partial charge in [-0.1, -0.05) is 50.3 Å². The zero-order chi connectivity index (χ0) is 26.2. The number of hydrogen-bond donors (Lipinski definition) is 2. The molecule has 6 heteroatoms. The number of aromatic nitrogens is 3. The number of carbonyl (C=O) groups excluding carboxylic acids is 1. The Morgan fingerprint density at radius 1 is 0.974 bits per heavy atom. The topological polar surface area (TPSA) is 70.7 Å². The molecule has 0 bridgehead atoms. The first kappa shape index (κ1) is 23.8. The van der Waals surface area contributed by atoms with Crippen LogP contribution in [0.5, 0.6) is 0 Å². The van der Waals surface area contributed by atoms with E-state index in [-0.39, 0.29) is 11.7 Å². The lowest BCUT2D eigenvalue weighted by Crippen LogP contribution is -2.10. The number of allylic oxidation sites excluding steroid dienone is 1. The second-order valence-electron chi connectivity index (χ2n) is 9.67. The van der Waals surface area contributed by atoms with Gasteiger partial charge in [0.05, 0.1) is 5.69 Å². The lowest BCUT2D eigenvalue weighted by atomic mass is 9.85. The van der Waals surface area contributed by atoms with Crippen molar-refractivity contribution in [3.63, 3.8) is 0 Å². The van der Waals surface area contributed by atoms with Gasteiger partial charge in [-0.05, 0) is 48.4 Å². The summed E-state index contributed by atoms with van der Waals surface area (Å²) >= 11 is 0. The second-order valence-corrected chi connectivity index (χ2v) is 9.67. The van der Waals surface area contributed by atoms with Crippen LogP contribution in [0.25, 0.3) is 38.7 Å². The van der Waals surface area contributed by atoms with Crippen molar-refractivity contribution >= 4 is 28.2 Å². The quantitative estimate of drug-likeness (QED) is 0.258. The summed E-state index contributed by atoms with van der Waals surface area (Å²) in [5, 5.41) is 3.76. The molecule has 1 amide bonds. The molecule has 3 heterocycles. The Kier molecular flexibility index (Phi) is 6.08. The highest BCUT2D eigenvalue weighted by Crippen LogP contribution is 2.40. The number of fused-ring (bicyclic) bond motifs is 2. The van der Waals surface area contributed by atoms with Crippen molar-refractivity contribution < 1.29 is 9.18 Å². The highest BCUT2D eigenvalue weighted by molar-refractivity contribution is 5.99. The van der Waals surface area contributed by atoms with E-state index < -0.39 is 0 Å². The summed E-state index contributed by atoms with van der Waals surface area (Å²) < 4.78 is 14.7. The van der Waals surface area contributed by atoms with Gasteiger partial charge in [0.15, 0.2) is 0 Å². The van der Waals surface area contributed by atoms with E-state index in [0.717, 1.165) is 56.5 Å². The molecule has 5 nitrogen and oxygen atoms in total. The molecule has 0 spiro atoms. The molecule has 0 saturated carbocycles. The predicted molar refractivity (Wildman–Crippen MR) is 150 cm³/mol. The van der Waals surface area contributed by atoms with Crippen LogP contribution in [0, 0.1) is 5.82 Å². The molecule has 0 aliphatic heterocycles. The fourth-order valence-corrected chi connectivity index (χ4v) is 5.10. The number of anilines is 1. The zero-order valence-corrected chi connectivity index (χ0v) is 21.3. The van der Waals surface area contributed by atoms with E-state index in [2.05, 4.69) is 40.4 Å². The van der Waals surface area contributed by atoms with Crippen LogP contribution in [0.2, 0.25) is 0 Å². The Hall–Kier alpha value is -4.58. The third kappa shape index (κ3) is 4.28. The van der Waals surface area contributed by atoms with Gasteiger partial charge in [0.1, 0.15) is 11.6 Å². The molecule has 0 saturated heterocycles. The second kappa shape index (κ2) is 9.71. The summed E-state index contributed by atoms with van der Waals surface area (Å²) in [6.07, 6.45) is 7.20. The maximum Gasteiger partial charge on any atom is 0.225 e. The number of pyridine rings is 2. The van der Waals surface area contributed by atoms with Crippen molar-refractivity contribution in [1.29, 1.82) is 0 Å². The van der Waals surface area contributed by atoms with Crippen LogP contribution in [-0.4, -0.2) is 20.9 Å². The molecule has 0 radical (unpaired) electrons. The van der Waals surface area contributed by atoms with Crippen LogP contribution in [-0.2, 0) is 4.79 Å². The summed E-state index contributed by atoms with van der Waals surface area (Å²) in [5.41, 5.74) is 8.47. The zero-order valence-electron chi connectivity index (χ0n) is 21.3. The number of benzene rings is 2. The molecule has 1 aliphatic rings. The van der Waals surface area contributed by atoms with Gasteiger partial charge in [-0.2, -0.15) is 0 Å². The molecule has 2 N–H and O–H groups in total. The molecule has 0 unspecified atom stereocenters. The van der Waals surface area contributed by atoms with Gasteiger partial charge in [-0.3, -0.25) is 9.78 Å². The minimum atomic E-state index is -0.235. The van der Waals surface area contributed by atoms with Crippen molar-refractivity contribution in [3.8, 4) is 22.3 Å². The van der Waals surface area contributed by atoms with Gasteiger partial charge in [-0.15, -0.1) is 0 Å². The lowest BCUT2D eigenvalue weighted by Gasteiger charge is -2.22. The van der Waals surface area contributed by atoms with Crippen LogP contribution in [0.1, 0.15) is 49.6 Å². The predicted octanol–water partition coefficient (Wildman–Crippen LogP) is 7.72. The van der Waals surface area contributed by atoms with E-state index in [0.29, 0.717) is 23.7 Å². The largest absolute Gasteiger partial charge is 0.355 e. The van der Waals surface area contributed by atoms with Crippen LogP contribution in [0.4, 0.5) is 10.2 Å². The normalized spacial score (nSPS) is 14.7. The van der Waals surface area contributed by atoms with Crippen LogP contribution in [0.3, 0.4) is 0 Å². The van der Waals surface area contributed by atoms with Crippen molar-refractivity contribution in [3.05, 3.63) is 108 Å². The maximum absolute atomic E-state index is 14.7. The Bertz CT molecular complexity index is 1700. The first-order chi connectivity index (χ1) is 18.5. The number of nitrogens with one attached hydrogen (secondary N) is 2. The molecule has 3 aromatic heterocycles. The monoisotopic (exact) mass is 502 g/mol. The van der Waals surface area contributed by atoms with Crippen molar-refractivity contribution in [2.75, 3.05) is 5.32 Å². The molecule has 1 atom stereocenters. The molecule has 6 rings (SSSR count). The van der Waals surface area contributed by atoms with Gasteiger partial charge in [0.25, 0.3) is 0 Å². The fraction of sp³-hybridized carbons (Fsp3) is 0.156. The molecular weight excluding hydrogens is 475 g/mol. The summed E-state index contributed by atoms with van der Waals surface area (Å²) in [7, 11) is 0. The number of amides is 1. The minimum Gasteiger partial charge on any atom is -0.355 e. The van der Waals surface area contributed by atoms with Crippen LogP contribution in [0.15, 0.2) is 85.2 Å². The SMILES string of the molecule is CCC(=O)Nc1ccc(-c2cnc3c(c2)C(c2cc4c(-c5ccccc5F)cccc4[nH]2)=CC[C@H]3C)cn1. The number of H-pyrrole nitrogens is 1. The number of nitrogens with zero attached hydrogens (tertiary/aromatic N) is 2. The van der Waals surface area contributed by atoms with Gasteiger partial charge in [-0.25, -0.2) is 9.37 Å². The van der Waals surface area contributed by atoms with E-state index in [1.807, 2.05) is 55.6 Å². The summed E-state index contributed by atoms with van der Waals surface area (Å²) in [6.45, 7) is 4.00. The van der Waals surface area contributed by atoms with Crippen molar-refractivity contribution in [2.45, 2.75) is 32.6 Å². The van der Waals surface area contributed by atoms with Crippen LogP contribution < -0.4 is 5.32 Å². The average Bonchev–Trinajstić information content (AvgIpc) is 3.38. The minimum absolute atomic E-state index is 0.0686. The van der Waals surface area contributed by atoms with Gasteiger partial charge in [0.2, 0.25) is 5.91 Å². The smallest absolute Gasteiger partial charge is 0.225 e. The number of aromatic amines is 1. The first-order valence-corrected chi connectivity index (χ1v) is 12.9. The highest BCUT2D eigenvalue weighted by Gasteiger charge is 2.23. The Morgan fingerprint density at radius 3 is 2.58 bits per heavy atom. The fourth-order valence-electron chi connectivity index (χ4n) is 5.10. The maximum atomic E-state index is 14.7. The first-order valence-electron chi connectivity index (χ1n) is 12.9. The number of rotatable bonds is 5. The van der Waals surface area contributed by atoms with Crippen LogP contribution >= 0.6 is 0 Å². The average molecular weight is 503 g/mol. The van der Waals surface area contributed by atoms with E-state index in [1.165, 1.54) is 6.07 Å². The molecule has 188 valence electrons. The lowest BCUT2D eigenvalue weighted by molar-refractivity contribution is -0.115. The third-order valence-electron chi connectivity index (χ3n) is 7.15. The molecular formula is C32H27FN4O. The van der Waals surface area contributed by atoms with E-state index in [9.17, 15) is 9.18 Å².